The second-order valence-electron chi connectivity index (χ2n) is 6.43. The molecular weight excluding hydrogens is 336 g/mol. The van der Waals surface area contributed by atoms with Crippen LogP contribution in [0.1, 0.15) is 45.1 Å². The SMILES string of the molecule is CCCCCON(C(=O)CCc1ccccc1)[C@](N)(C(=O)O)[C@H](C)CO. The minimum Gasteiger partial charge on any atom is -0.478 e. The second-order valence-corrected chi connectivity index (χ2v) is 6.43. The predicted octanol–water partition coefficient (Wildman–Crippen LogP) is 1.94. The van der Waals surface area contributed by atoms with Crippen LogP contribution in [0.5, 0.6) is 0 Å². The number of benzene rings is 1. The Bertz CT molecular complexity index is 566. The molecule has 7 heteroatoms. The molecule has 0 heterocycles. The van der Waals surface area contributed by atoms with Gasteiger partial charge in [0.25, 0.3) is 0 Å². The summed E-state index contributed by atoms with van der Waals surface area (Å²) in [6.07, 6.45) is 3.04. The maximum atomic E-state index is 12.7. The number of carbonyl (C=O) groups excluding carboxylic acids is 1. The van der Waals surface area contributed by atoms with E-state index in [0.29, 0.717) is 12.8 Å². The molecule has 1 rings (SSSR count). The smallest absolute Gasteiger partial charge is 0.347 e. The molecule has 0 saturated carbocycles. The predicted molar refractivity (Wildman–Crippen MR) is 97.9 cm³/mol. The third kappa shape index (κ3) is 5.79. The Morgan fingerprint density at radius 2 is 1.92 bits per heavy atom. The van der Waals surface area contributed by atoms with E-state index in [0.717, 1.165) is 23.5 Å². The molecule has 0 aromatic heterocycles. The van der Waals surface area contributed by atoms with Gasteiger partial charge in [-0.05, 0) is 18.4 Å². The van der Waals surface area contributed by atoms with Crippen LogP contribution < -0.4 is 5.73 Å². The normalized spacial score (nSPS) is 14.5. The summed E-state index contributed by atoms with van der Waals surface area (Å²) < 4.78 is 0. The molecule has 2 atom stereocenters. The van der Waals surface area contributed by atoms with Crippen molar-refractivity contribution in [1.29, 1.82) is 0 Å². The summed E-state index contributed by atoms with van der Waals surface area (Å²) in [5, 5.41) is 19.8. The zero-order chi connectivity index (χ0) is 19.6. The van der Waals surface area contributed by atoms with Crippen LogP contribution >= 0.6 is 0 Å². The van der Waals surface area contributed by atoms with Gasteiger partial charge < -0.3 is 10.2 Å². The summed E-state index contributed by atoms with van der Waals surface area (Å²) in [5.41, 5.74) is 4.87. The number of carbonyl (C=O) groups is 2. The van der Waals surface area contributed by atoms with E-state index >= 15 is 0 Å². The third-order valence-corrected chi connectivity index (χ3v) is 4.37. The van der Waals surface area contributed by atoms with Crippen LogP contribution in [0.4, 0.5) is 0 Å². The quantitative estimate of drug-likeness (QED) is 0.296. The first kappa shape index (κ1) is 22.1. The van der Waals surface area contributed by atoms with Crippen molar-refractivity contribution in [3.63, 3.8) is 0 Å². The molecule has 0 saturated heterocycles. The van der Waals surface area contributed by atoms with Crippen LogP contribution in [0.25, 0.3) is 0 Å². The van der Waals surface area contributed by atoms with Crippen molar-refractivity contribution >= 4 is 11.9 Å². The van der Waals surface area contributed by atoms with E-state index in [4.69, 9.17) is 10.6 Å². The first-order valence-corrected chi connectivity index (χ1v) is 9.00. The van der Waals surface area contributed by atoms with Gasteiger partial charge in [-0.2, -0.15) is 5.06 Å². The fourth-order valence-electron chi connectivity index (χ4n) is 2.53. The molecule has 0 aliphatic heterocycles. The Morgan fingerprint density at radius 1 is 1.27 bits per heavy atom. The Kier molecular flexibility index (Phi) is 9.26. The lowest BCUT2D eigenvalue weighted by molar-refractivity contribution is -0.238. The maximum Gasteiger partial charge on any atom is 0.347 e. The van der Waals surface area contributed by atoms with Crippen LogP contribution in [-0.4, -0.2) is 46.0 Å². The van der Waals surface area contributed by atoms with Crippen LogP contribution in [0.2, 0.25) is 0 Å². The van der Waals surface area contributed by atoms with Crippen molar-refractivity contribution < 1.29 is 24.6 Å². The van der Waals surface area contributed by atoms with Crippen LogP contribution in [-0.2, 0) is 20.8 Å². The highest BCUT2D eigenvalue weighted by Gasteiger charge is 2.49. The average Bonchev–Trinajstić information content (AvgIpc) is 2.65. The number of aliphatic hydroxyl groups is 1. The van der Waals surface area contributed by atoms with Crippen molar-refractivity contribution in [2.24, 2.45) is 11.7 Å². The zero-order valence-corrected chi connectivity index (χ0v) is 15.6. The molecule has 146 valence electrons. The number of aliphatic hydroxyl groups excluding tert-OH is 1. The molecule has 4 N–H and O–H groups in total. The number of amides is 1. The van der Waals surface area contributed by atoms with Crippen LogP contribution in [0, 0.1) is 5.92 Å². The number of aryl methyl sites for hydroxylation is 1. The van der Waals surface area contributed by atoms with Gasteiger partial charge >= 0.3 is 5.97 Å². The number of nitrogens with two attached hydrogens (primary N) is 1. The number of rotatable bonds is 12. The second kappa shape index (κ2) is 10.9. The van der Waals surface area contributed by atoms with Gasteiger partial charge in [-0.3, -0.25) is 15.4 Å². The van der Waals surface area contributed by atoms with E-state index < -0.39 is 30.1 Å². The molecular formula is C19H30N2O5. The third-order valence-electron chi connectivity index (χ3n) is 4.37. The molecule has 0 radical (unpaired) electrons. The summed E-state index contributed by atoms with van der Waals surface area (Å²) in [6.45, 7) is 3.21. The molecule has 1 aromatic carbocycles. The largest absolute Gasteiger partial charge is 0.478 e. The molecule has 1 aromatic rings. The first-order valence-electron chi connectivity index (χ1n) is 9.00. The summed E-state index contributed by atoms with van der Waals surface area (Å²) in [6, 6.07) is 9.41. The highest BCUT2D eigenvalue weighted by atomic mass is 16.7. The van der Waals surface area contributed by atoms with E-state index in [9.17, 15) is 19.8 Å². The molecule has 7 nitrogen and oxygen atoms in total. The summed E-state index contributed by atoms with van der Waals surface area (Å²) in [4.78, 5) is 30.1. The van der Waals surface area contributed by atoms with Gasteiger partial charge in [0.1, 0.15) is 0 Å². The van der Waals surface area contributed by atoms with Crippen molar-refractivity contribution in [3.8, 4) is 0 Å². The lowest BCUT2D eigenvalue weighted by Crippen LogP contribution is -2.67. The van der Waals surface area contributed by atoms with E-state index in [-0.39, 0.29) is 13.0 Å². The fraction of sp³-hybridized carbons (Fsp3) is 0.579. The van der Waals surface area contributed by atoms with Gasteiger partial charge in [-0.15, -0.1) is 0 Å². The topological polar surface area (TPSA) is 113 Å². The number of unbranched alkanes of at least 4 members (excludes halogenated alkanes) is 2. The van der Waals surface area contributed by atoms with E-state index in [1.165, 1.54) is 6.92 Å². The molecule has 0 unspecified atom stereocenters. The number of hydrogen-bond donors (Lipinski definition) is 3. The van der Waals surface area contributed by atoms with E-state index in [1.807, 2.05) is 37.3 Å². The van der Waals surface area contributed by atoms with Gasteiger partial charge in [0.05, 0.1) is 6.61 Å². The Hall–Kier alpha value is -1.96. The van der Waals surface area contributed by atoms with Crippen molar-refractivity contribution in [3.05, 3.63) is 35.9 Å². The minimum atomic E-state index is -2.13. The van der Waals surface area contributed by atoms with Crippen molar-refractivity contribution in [2.75, 3.05) is 13.2 Å². The molecule has 26 heavy (non-hydrogen) atoms. The Labute approximate surface area is 154 Å². The summed E-state index contributed by atoms with van der Waals surface area (Å²) in [7, 11) is 0. The lowest BCUT2D eigenvalue weighted by atomic mass is 9.94. The maximum absolute atomic E-state index is 12.7. The molecule has 0 aliphatic rings. The fourth-order valence-corrected chi connectivity index (χ4v) is 2.53. The monoisotopic (exact) mass is 366 g/mol. The van der Waals surface area contributed by atoms with E-state index in [2.05, 4.69) is 0 Å². The van der Waals surface area contributed by atoms with Gasteiger partial charge in [0.15, 0.2) is 0 Å². The summed E-state index contributed by atoms with van der Waals surface area (Å²) >= 11 is 0. The number of carboxylic acids is 1. The van der Waals surface area contributed by atoms with Crippen LogP contribution in [0.3, 0.4) is 0 Å². The van der Waals surface area contributed by atoms with Crippen LogP contribution in [0.15, 0.2) is 30.3 Å². The van der Waals surface area contributed by atoms with Gasteiger partial charge in [-0.1, -0.05) is 57.0 Å². The number of nitrogens with zero attached hydrogens (tertiary/aromatic N) is 1. The molecule has 1 amide bonds. The number of carboxylic acid groups (broad SMARTS) is 1. The zero-order valence-electron chi connectivity index (χ0n) is 15.6. The van der Waals surface area contributed by atoms with Crippen molar-refractivity contribution in [1.82, 2.24) is 5.06 Å². The highest BCUT2D eigenvalue weighted by Crippen LogP contribution is 2.23. The highest BCUT2D eigenvalue weighted by molar-refractivity contribution is 5.86. The number of hydroxylamine groups is 2. The van der Waals surface area contributed by atoms with Crippen molar-refractivity contribution in [2.45, 2.75) is 51.6 Å². The lowest BCUT2D eigenvalue weighted by Gasteiger charge is -2.39. The molecule has 0 spiro atoms. The molecule has 0 bridgehead atoms. The Morgan fingerprint density at radius 3 is 2.46 bits per heavy atom. The van der Waals surface area contributed by atoms with Gasteiger partial charge in [0.2, 0.25) is 11.6 Å². The van der Waals surface area contributed by atoms with Gasteiger partial charge in [0, 0.05) is 18.9 Å². The number of hydrogen-bond acceptors (Lipinski definition) is 5. The molecule has 0 fully saturated rings. The van der Waals surface area contributed by atoms with Gasteiger partial charge in [-0.25, -0.2) is 4.79 Å². The van der Waals surface area contributed by atoms with E-state index in [1.54, 1.807) is 0 Å². The summed E-state index contributed by atoms with van der Waals surface area (Å²) in [5.74, 6) is -2.83. The minimum absolute atomic E-state index is 0.0577. The standard InChI is InChI=1S/C19H30N2O5/c1-3-4-8-13-26-21(19(20,18(24)25)15(2)14-22)17(23)12-11-16-9-6-5-7-10-16/h5-7,9-10,15,22H,3-4,8,11-14,20H2,1-2H3,(H,24,25)/t15-,19+/m1/s1. The Balaban J connectivity index is 2.94. The molecule has 0 aliphatic carbocycles. The first-order chi connectivity index (χ1) is 12.4. The number of aliphatic carboxylic acids is 1. The average molecular weight is 366 g/mol.